The standard InChI is InChI=1S/C17H14FN5O3/c1-2-10-12-7-26-14-8(13-9(18)6-20-17(19)22-13)4-3-5-11(14)23(12)15(21-10)16(24)25/h3-6H,2,7H2,1H3,(H,24,25)(H2,19,20,22). The highest BCUT2D eigenvalue weighted by Gasteiger charge is 2.30. The summed E-state index contributed by atoms with van der Waals surface area (Å²) in [5.41, 5.74) is 7.71. The number of imidazole rings is 1. The molecule has 0 amide bonds. The van der Waals surface area contributed by atoms with Gasteiger partial charge >= 0.3 is 5.97 Å². The van der Waals surface area contributed by atoms with Crippen molar-refractivity contribution < 1.29 is 19.0 Å². The predicted octanol–water partition coefficient (Wildman–Crippen LogP) is 2.20. The Bertz CT molecular complexity index is 1050. The van der Waals surface area contributed by atoms with Crippen LogP contribution < -0.4 is 10.5 Å². The minimum Gasteiger partial charge on any atom is -0.484 e. The number of hydrogen-bond donors (Lipinski definition) is 2. The summed E-state index contributed by atoms with van der Waals surface area (Å²) in [7, 11) is 0. The molecule has 0 atom stereocenters. The van der Waals surface area contributed by atoms with E-state index in [0.29, 0.717) is 34.8 Å². The van der Waals surface area contributed by atoms with Crippen LogP contribution in [-0.4, -0.2) is 30.6 Å². The van der Waals surface area contributed by atoms with Crippen molar-refractivity contribution in [1.82, 2.24) is 19.5 Å². The fraction of sp³-hybridized carbons (Fsp3) is 0.176. The molecule has 132 valence electrons. The van der Waals surface area contributed by atoms with Gasteiger partial charge in [0.2, 0.25) is 11.8 Å². The average Bonchev–Trinajstić information content (AvgIpc) is 3.03. The molecule has 3 heterocycles. The summed E-state index contributed by atoms with van der Waals surface area (Å²) in [5.74, 6) is -1.67. The van der Waals surface area contributed by atoms with Crippen LogP contribution >= 0.6 is 0 Å². The van der Waals surface area contributed by atoms with Gasteiger partial charge in [0.25, 0.3) is 0 Å². The van der Waals surface area contributed by atoms with Crippen molar-refractivity contribution in [2.24, 2.45) is 0 Å². The Hall–Kier alpha value is -3.49. The van der Waals surface area contributed by atoms with Crippen molar-refractivity contribution in [1.29, 1.82) is 0 Å². The SMILES string of the molecule is CCc1nc(C(=O)O)n2c1COc1c(-c3nc(N)ncc3F)cccc1-2. The van der Waals surface area contributed by atoms with E-state index in [1.165, 1.54) is 4.57 Å². The van der Waals surface area contributed by atoms with Gasteiger partial charge in [-0.3, -0.25) is 4.57 Å². The van der Waals surface area contributed by atoms with Gasteiger partial charge in [-0.25, -0.2) is 24.1 Å². The van der Waals surface area contributed by atoms with Gasteiger partial charge < -0.3 is 15.6 Å². The van der Waals surface area contributed by atoms with Gasteiger partial charge in [0.05, 0.1) is 23.3 Å². The third-order valence-electron chi connectivity index (χ3n) is 4.19. The number of aromatic nitrogens is 4. The van der Waals surface area contributed by atoms with Gasteiger partial charge in [0, 0.05) is 5.56 Å². The third-order valence-corrected chi connectivity index (χ3v) is 4.19. The van der Waals surface area contributed by atoms with Gasteiger partial charge in [-0.05, 0) is 18.6 Å². The number of aromatic carboxylic acids is 1. The van der Waals surface area contributed by atoms with E-state index < -0.39 is 11.8 Å². The number of anilines is 1. The Morgan fingerprint density at radius 2 is 2.23 bits per heavy atom. The largest absolute Gasteiger partial charge is 0.484 e. The molecule has 0 unspecified atom stereocenters. The quantitative estimate of drug-likeness (QED) is 0.740. The number of aryl methyl sites for hydroxylation is 1. The van der Waals surface area contributed by atoms with E-state index in [2.05, 4.69) is 15.0 Å². The fourth-order valence-corrected chi connectivity index (χ4v) is 3.08. The topological polar surface area (TPSA) is 116 Å². The maximum atomic E-state index is 14.2. The average molecular weight is 355 g/mol. The fourth-order valence-electron chi connectivity index (χ4n) is 3.08. The van der Waals surface area contributed by atoms with Gasteiger partial charge in [0.15, 0.2) is 11.6 Å². The summed E-state index contributed by atoms with van der Waals surface area (Å²) in [6, 6.07) is 4.99. The number of benzene rings is 1. The van der Waals surface area contributed by atoms with E-state index in [1.54, 1.807) is 18.2 Å². The van der Waals surface area contributed by atoms with Crippen molar-refractivity contribution in [2.45, 2.75) is 20.0 Å². The Labute approximate surface area is 147 Å². The number of halogens is 1. The van der Waals surface area contributed by atoms with Crippen LogP contribution in [0.25, 0.3) is 16.9 Å². The zero-order chi connectivity index (χ0) is 18.4. The lowest BCUT2D eigenvalue weighted by Crippen LogP contribution is -2.18. The Balaban J connectivity index is 1.99. The number of nitrogen functional groups attached to an aromatic ring is 1. The monoisotopic (exact) mass is 355 g/mol. The summed E-state index contributed by atoms with van der Waals surface area (Å²) < 4.78 is 21.6. The number of para-hydroxylation sites is 1. The summed E-state index contributed by atoms with van der Waals surface area (Å²) in [4.78, 5) is 23.4. The highest BCUT2D eigenvalue weighted by molar-refractivity contribution is 5.86. The first-order valence-corrected chi connectivity index (χ1v) is 7.89. The highest BCUT2D eigenvalue weighted by atomic mass is 19.1. The molecule has 0 spiro atoms. The summed E-state index contributed by atoms with van der Waals surface area (Å²) >= 11 is 0. The maximum absolute atomic E-state index is 14.2. The van der Waals surface area contributed by atoms with Crippen molar-refractivity contribution in [3.63, 3.8) is 0 Å². The number of hydrogen-bond acceptors (Lipinski definition) is 6. The molecule has 1 aliphatic rings. The molecule has 9 heteroatoms. The van der Waals surface area contributed by atoms with E-state index in [4.69, 9.17) is 10.5 Å². The summed E-state index contributed by atoms with van der Waals surface area (Å²) in [6.07, 6.45) is 1.55. The molecule has 3 N–H and O–H groups in total. The lowest BCUT2D eigenvalue weighted by molar-refractivity contribution is 0.0680. The van der Waals surface area contributed by atoms with Crippen molar-refractivity contribution in [3.05, 3.63) is 47.4 Å². The molecular formula is C17H14FN5O3. The normalized spacial score (nSPS) is 12.2. The van der Waals surface area contributed by atoms with Crippen LogP contribution in [0.1, 0.15) is 28.9 Å². The summed E-state index contributed by atoms with van der Waals surface area (Å²) in [5, 5.41) is 9.52. The van der Waals surface area contributed by atoms with E-state index in [-0.39, 0.29) is 24.1 Å². The molecule has 0 fully saturated rings. The minimum absolute atomic E-state index is 0.00879. The molecule has 0 radical (unpaired) electrons. The van der Waals surface area contributed by atoms with E-state index in [0.717, 1.165) is 6.20 Å². The smallest absolute Gasteiger partial charge is 0.372 e. The second kappa shape index (κ2) is 5.80. The molecule has 1 aromatic carbocycles. The molecule has 0 aliphatic carbocycles. The number of carboxylic acids is 1. The summed E-state index contributed by atoms with van der Waals surface area (Å²) in [6.45, 7) is 2.01. The Morgan fingerprint density at radius 1 is 1.42 bits per heavy atom. The van der Waals surface area contributed by atoms with Crippen LogP contribution in [0.3, 0.4) is 0 Å². The number of ether oxygens (including phenoxy) is 1. The first-order chi connectivity index (χ1) is 12.5. The van der Waals surface area contributed by atoms with Crippen LogP contribution in [0.4, 0.5) is 10.3 Å². The zero-order valence-electron chi connectivity index (χ0n) is 13.7. The number of carboxylic acid groups (broad SMARTS) is 1. The molecule has 4 rings (SSSR count). The van der Waals surface area contributed by atoms with Crippen LogP contribution in [0.2, 0.25) is 0 Å². The van der Waals surface area contributed by atoms with Crippen LogP contribution in [0, 0.1) is 5.82 Å². The predicted molar refractivity (Wildman–Crippen MR) is 89.6 cm³/mol. The van der Waals surface area contributed by atoms with E-state index >= 15 is 0 Å². The minimum atomic E-state index is -1.15. The second-order valence-electron chi connectivity index (χ2n) is 5.69. The lowest BCUT2D eigenvalue weighted by Gasteiger charge is -2.23. The second-order valence-corrected chi connectivity index (χ2v) is 5.69. The first-order valence-electron chi connectivity index (χ1n) is 7.89. The molecule has 2 aromatic heterocycles. The molecule has 26 heavy (non-hydrogen) atoms. The molecule has 0 saturated carbocycles. The van der Waals surface area contributed by atoms with Crippen molar-refractivity contribution in [3.8, 4) is 22.7 Å². The van der Waals surface area contributed by atoms with Gasteiger partial charge in [-0.15, -0.1) is 0 Å². The van der Waals surface area contributed by atoms with Crippen LogP contribution in [-0.2, 0) is 13.0 Å². The highest BCUT2D eigenvalue weighted by Crippen LogP contribution is 2.40. The van der Waals surface area contributed by atoms with Crippen LogP contribution in [0.15, 0.2) is 24.4 Å². The van der Waals surface area contributed by atoms with Crippen LogP contribution in [0.5, 0.6) is 5.75 Å². The van der Waals surface area contributed by atoms with E-state index in [1.807, 2.05) is 6.92 Å². The molecule has 0 bridgehead atoms. The van der Waals surface area contributed by atoms with E-state index in [9.17, 15) is 14.3 Å². The maximum Gasteiger partial charge on any atom is 0.372 e. The number of rotatable bonds is 3. The van der Waals surface area contributed by atoms with Gasteiger partial charge in [-0.1, -0.05) is 13.0 Å². The van der Waals surface area contributed by atoms with Gasteiger partial charge in [-0.2, -0.15) is 0 Å². The number of nitrogens with two attached hydrogens (primary N) is 1. The number of fused-ring (bicyclic) bond motifs is 3. The van der Waals surface area contributed by atoms with Gasteiger partial charge in [0.1, 0.15) is 12.3 Å². The molecule has 8 nitrogen and oxygen atoms in total. The van der Waals surface area contributed by atoms with Crippen molar-refractivity contribution in [2.75, 3.05) is 5.73 Å². The Kier molecular flexibility index (Phi) is 3.57. The molecule has 3 aromatic rings. The molecule has 0 saturated heterocycles. The number of nitrogens with zero attached hydrogens (tertiary/aromatic N) is 4. The number of carbonyl (C=O) groups is 1. The molecule has 1 aliphatic heterocycles. The first kappa shape index (κ1) is 16.0. The zero-order valence-corrected chi connectivity index (χ0v) is 13.7. The Morgan fingerprint density at radius 3 is 2.96 bits per heavy atom. The lowest BCUT2D eigenvalue weighted by atomic mass is 10.1. The third kappa shape index (κ3) is 2.28. The van der Waals surface area contributed by atoms with Crippen molar-refractivity contribution >= 4 is 11.9 Å². The molecular weight excluding hydrogens is 341 g/mol.